The first kappa shape index (κ1) is 16.0. The van der Waals surface area contributed by atoms with Crippen LogP contribution in [0.5, 0.6) is 0 Å². The number of hydrogen-bond acceptors (Lipinski definition) is 3. The third-order valence-corrected chi connectivity index (χ3v) is 5.27. The van der Waals surface area contributed by atoms with E-state index in [0.29, 0.717) is 22.0 Å². The molecule has 27 heavy (non-hydrogen) atoms. The molecule has 0 radical (unpaired) electrons. The number of nitrogens with zero attached hydrogens (tertiary/aromatic N) is 5. The van der Waals surface area contributed by atoms with Crippen LogP contribution in [-0.4, -0.2) is 25.9 Å². The lowest BCUT2D eigenvalue weighted by Crippen LogP contribution is -2.28. The molecule has 0 aliphatic carbocycles. The molecule has 0 N–H and O–H groups in total. The Hall–Kier alpha value is -3.21. The number of imidazole rings is 1. The number of halogens is 2. The quantitative estimate of drug-likeness (QED) is 0.510. The Kier molecular flexibility index (Phi) is 3.35. The van der Waals surface area contributed by atoms with Gasteiger partial charge in [-0.1, -0.05) is 12.6 Å². The zero-order valence-corrected chi connectivity index (χ0v) is 14.5. The summed E-state index contributed by atoms with van der Waals surface area (Å²) >= 11 is 0. The summed E-state index contributed by atoms with van der Waals surface area (Å²) < 4.78 is 32.2. The Labute approximate surface area is 153 Å². The van der Waals surface area contributed by atoms with E-state index in [-0.39, 0.29) is 18.3 Å². The average Bonchev–Trinajstić information content (AvgIpc) is 3.17. The summed E-state index contributed by atoms with van der Waals surface area (Å²) in [7, 11) is 1.73. The summed E-state index contributed by atoms with van der Waals surface area (Å²) in [6, 6.07) is 4.55. The van der Waals surface area contributed by atoms with Gasteiger partial charge in [-0.3, -0.25) is 4.68 Å². The van der Waals surface area contributed by atoms with Crippen LogP contribution < -0.4 is 0 Å². The van der Waals surface area contributed by atoms with Crippen molar-refractivity contribution in [3.63, 3.8) is 0 Å². The maximum absolute atomic E-state index is 14.6. The van der Waals surface area contributed by atoms with Gasteiger partial charge < -0.3 is 4.40 Å². The van der Waals surface area contributed by atoms with Crippen molar-refractivity contribution in [2.24, 2.45) is 7.05 Å². The number of aromatic nitrogens is 4. The largest absolute Gasteiger partial charge is 0.304 e. The molecule has 1 saturated heterocycles. The van der Waals surface area contributed by atoms with Crippen LogP contribution in [0.1, 0.15) is 11.6 Å². The van der Waals surface area contributed by atoms with Crippen molar-refractivity contribution in [2.45, 2.75) is 18.6 Å². The van der Waals surface area contributed by atoms with Gasteiger partial charge >= 0.3 is 0 Å². The molecule has 132 valence electrons. The molecule has 4 heterocycles. The van der Waals surface area contributed by atoms with Crippen molar-refractivity contribution in [3.8, 4) is 17.1 Å². The molecule has 1 aromatic carbocycles. The van der Waals surface area contributed by atoms with E-state index >= 15 is 0 Å². The van der Waals surface area contributed by atoms with Gasteiger partial charge in [-0.05, 0) is 29.7 Å². The van der Waals surface area contributed by atoms with Crippen LogP contribution in [-0.2, 0) is 7.05 Å². The van der Waals surface area contributed by atoms with Gasteiger partial charge in [0.15, 0.2) is 17.3 Å². The second-order valence-corrected chi connectivity index (χ2v) is 7.17. The number of nitriles is 1. The van der Waals surface area contributed by atoms with Crippen LogP contribution in [0.2, 0.25) is 12.6 Å². The molecule has 8 heteroatoms. The third kappa shape index (κ3) is 2.50. The Morgan fingerprint density at radius 2 is 1.89 bits per heavy atom. The van der Waals surface area contributed by atoms with E-state index in [1.807, 2.05) is 0 Å². The van der Waals surface area contributed by atoms with Crippen LogP contribution in [0.15, 0.2) is 36.8 Å². The molecule has 0 atom stereocenters. The fraction of sp³-hybridized carbons (Fsp3) is 0.211. The normalized spacial score (nSPS) is 14.7. The Bertz CT molecular complexity index is 1250. The lowest BCUT2D eigenvalue weighted by atomic mass is 9.32. The first-order valence-corrected chi connectivity index (χ1v) is 8.73. The van der Waals surface area contributed by atoms with Crippen molar-refractivity contribution in [3.05, 3.63) is 54.1 Å². The Morgan fingerprint density at radius 1 is 1.11 bits per heavy atom. The Balaban J connectivity index is 1.59. The van der Waals surface area contributed by atoms with Crippen LogP contribution in [0.25, 0.3) is 27.7 Å². The first-order valence-electron chi connectivity index (χ1n) is 8.73. The summed E-state index contributed by atoms with van der Waals surface area (Å²) in [5.41, 5.74) is 2.49. The number of rotatable bonds is 2. The van der Waals surface area contributed by atoms with E-state index in [1.165, 1.54) is 12.1 Å². The lowest BCUT2D eigenvalue weighted by Gasteiger charge is -2.25. The number of pyridine rings is 1. The molecular formula is C19H14BF2N5. The fourth-order valence-corrected chi connectivity index (χ4v) is 3.77. The molecule has 3 aromatic heterocycles. The molecule has 0 saturated carbocycles. The van der Waals surface area contributed by atoms with Crippen LogP contribution in [0.4, 0.5) is 8.78 Å². The van der Waals surface area contributed by atoms with E-state index in [1.54, 1.807) is 40.8 Å². The van der Waals surface area contributed by atoms with Crippen molar-refractivity contribution in [1.29, 1.82) is 5.26 Å². The smallest absolute Gasteiger partial charge is 0.269 e. The summed E-state index contributed by atoms with van der Waals surface area (Å²) in [5, 5.41) is 13.7. The maximum atomic E-state index is 14.6. The Morgan fingerprint density at radius 3 is 2.67 bits per heavy atom. The molecule has 0 amide bonds. The van der Waals surface area contributed by atoms with Gasteiger partial charge in [0, 0.05) is 42.6 Å². The monoisotopic (exact) mass is 361 g/mol. The number of benzene rings is 1. The van der Waals surface area contributed by atoms with Crippen molar-refractivity contribution in [1.82, 2.24) is 19.2 Å². The molecule has 1 fully saturated rings. The standard InChI is InChI=1S/C19H14BF2N5/c1-26-7-13-2-11(3-15(21)18(13)25-26)12-4-16(22)19-24-17(9-27(19)8-12)14-5-20(6-14)10-23/h2-4,7-9,14H,5-6H2,1H3. The highest BCUT2D eigenvalue weighted by Crippen LogP contribution is 2.37. The molecule has 0 unspecified atom stereocenters. The number of fused-ring (bicyclic) bond motifs is 2. The fourth-order valence-electron chi connectivity index (χ4n) is 3.77. The minimum atomic E-state index is -0.457. The van der Waals surface area contributed by atoms with E-state index in [2.05, 4.69) is 16.1 Å². The van der Waals surface area contributed by atoms with Crippen LogP contribution in [0, 0.1) is 22.9 Å². The van der Waals surface area contributed by atoms with E-state index in [9.17, 15) is 8.78 Å². The molecule has 5 nitrogen and oxygen atoms in total. The van der Waals surface area contributed by atoms with Crippen molar-refractivity contribution >= 4 is 23.3 Å². The van der Waals surface area contributed by atoms with Gasteiger partial charge in [-0.2, -0.15) is 5.10 Å². The van der Waals surface area contributed by atoms with E-state index in [4.69, 9.17) is 5.26 Å². The second-order valence-electron chi connectivity index (χ2n) is 7.17. The molecule has 0 spiro atoms. The van der Waals surface area contributed by atoms with Gasteiger partial charge in [0.1, 0.15) is 5.52 Å². The molecular weight excluding hydrogens is 347 g/mol. The van der Waals surface area contributed by atoms with Crippen molar-refractivity contribution in [2.75, 3.05) is 0 Å². The molecule has 0 bridgehead atoms. The van der Waals surface area contributed by atoms with E-state index in [0.717, 1.165) is 18.3 Å². The molecule has 1 aliphatic rings. The number of hydrogen-bond donors (Lipinski definition) is 0. The summed E-state index contributed by atoms with van der Waals surface area (Å²) in [5.74, 6) is 1.55. The van der Waals surface area contributed by atoms with Gasteiger partial charge in [0.25, 0.3) is 6.71 Å². The predicted octanol–water partition coefficient (Wildman–Crippen LogP) is 3.82. The highest BCUT2D eigenvalue weighted by Gasteiger charge is 2.35. The average molecular weight is 361 g/mol. The molecule has 1 aliphatic heterocycles. The predicted molar refractivity (Wildman–Crippen MR) is 98.5 cm³/mol. The zero-order valence-electron chi connectivity index (χ0n) is 14.5. The summed E-state index contributed by atoms with van der Waals surface area (Å²) in [6.45, 7) is 0.0643. The minimum Gasteiger partial charge on any atom is -0.304 e. The van der Waals surface area contributed by atoms with Crippen molar-refractivity contribution < 1.29 is 8.78 Å². The topological polar surface area (TPSA) is 58.9 Å². The number of aryl methyl sites for hydroxylation is 1. The zero-order chi connectivity index (χ0) is 18.7. The van der Waals surface area contributed by atoms with Gasteiger partial charge in [0.05, 0.1) is 5.69 Å². The second kappa shape index (κ2) is 5.65. The van der Waals surface area contributed by atoms with Gasteiger partial charge in [-0.25, -0.2) is 19.0 Å². The highest BCUT2D eigenvalue weighted by atomic mass is 19.1. The summed E-state index contributed by atoms with van der Waals surface area (Å²) in [4.78, 5) is 4.40. The summed E-state index contributed by atoms with van der Waals surface area (Å²) in [6.07, 6.45) is 6.81. The third-order valence-electron chi connectivity index (χ3n) is 5.27. The maximum Gasteiger partial charge on any atom is 0.269 e. The van der Waals surface area contributed by atoms with Crippen LogP contribution in [0.3, 0.4) is 0 Å². The minimum absolute atomic E-state index is 0.0643. The van der Waals surface area contributed by atoms with E-state index < -0.39 is 11.6 Å². The van der Waals surface area contributed by atoms with Crippen LogP contribution >= 0.6 is 0 Å². The molecule has 4 aromatic rings. The lowest BCUT2D eigenvalue weighted by molar-refractivity contribution is 0.628. The first-order chi connectivity index (χ1) is 13.0. The highest BCUT2D eigenvalue weighted by molar-refractivity contribution is 6.70. The SMILES string of the molecule is Cn1cc2cc(-c3cc(F)c4nc(C5CB(C#N)C5)cn4c3)cc(F)c2n1. The van der Waals surface area contributed by atoms with Gasteiger partial charge in [0.2, 0.25) is 0 Å². The molecule has 5 rings (SSSR count). The van der Waals surface area contributed by atoms with Gasteiger partial charge in [-0.15, -0.1) is 0 Å².